The van der Waals surface area contributed by atoms with E-state index < -0.39 is 0 Å². The monoisotopic (exact) mass is 205 g/mol. The van der Waals surface area contributed by atoms with Crippen molar-refractivity contribution in [2.75, 3.05) is 0 Å². The summed E-state index contributed by atoms with van der Waals surface area (Å²) in [5.41, 5.74) is 1.53. The summed E-state index contributed by atoms with van der Waals surface area (Å²) in [5, 5.41) is 9.63. The number of aliphatic hydroxyl groups excluding tert-OH is 1. The molecule has 0 aromatic heterocycles. The van der Waals surface area contributed by atoms with E-state index in [1.807, 2.05) is 6.08 Å². The van der Waals surface area contributed by atoms with Crippen molar-refractivity contribution in [1.82, 2.24) is 0 Å². The van der Waals surface area contributed by atoms with Crippen molar-refractivity contribution in [3.63, 3.8) is 0 Å². The molecule has 1 N–H and O–H groups in total. The number of fused-ring (bicyclic) bond motifs is 1. The molecule has 2 aliphatic rings. The maximum Gasteiger partial charge on any atom is 0.115 e. The summed E-state index contributed by atoms with van der Waals surface area (Å²) in [6.07, 6.45) is 7.32. The Balaban J connectivity index is 2.13. The summed E-state index contributed by atoms with van der Waals surface area (Å²) < 4.78 is 0. The predicted molar refractivity (Wildman–Crippen MR) is 63.5 cm³/mol. The molecule has 15 heavy (non-hydrogen) atoms. The first-order chi connectivity index (χ1) is 6.96. The van der Waals surface area contributed by atoms with E-state index in [-0.39, 0.29) is 0 Å². The average molecular weight is 205 g/mol. The molecule has 1 fully saturated rings. The van der Waals surface area contributed by atoms with Crippen molar-refractivity contribution in [1.29, 1.82) is 0 Å². The summed E-state index contributed by atoms with van der Waals surface area (Å²) in [6, 6.07) is 0. The lowest BCUT2D eigenvalue weighted by atomic mass is 9.84. The van der Waals surface area contributed by atoms with Gasteiger partial charge in [-0.25, -0.2) is 0 Å². The fourth-order valence-corrected chi connectivity index (χ4v) is 3.13. The molecule has 82 valence electrons. The highest BCUT2D eigenvalue weighted by atomic mass is 16.3. The zero-order chi connectivity index (χ0) is 11.1. The summed E-state index contributed by atoms with van der Waals surface area (Å²) in [4.78, 5) is 0. The quantitative estimate of drug-likeness (QED) is 0.588. The second-order valence-electron chi connectivity index (χ2n) is 5.91. The van der Waals surface area contributed by atoms with Crippen LogP contribution in [0.25, 0.3) is 0 Å². The molecule has 0 spiro atoms. The minimum atomic E-state index is 0.459. The first-order valence-electron chi connectivity index (χ1n) is 5.88. The van der Waals surface area contributed by atoms with E-state index in [1.165, 1.54) is 12.8 Å². The van der Waals surface area contributed by atoms with Crippen LogP contribution in [0.5, 0.6) is 0 Å². The van der Waals surface area contributed by atoms with Gasteiger partial charge in [-0.2, -0.15) is 0 Å². The first-order valence-corrected chi connectivity index (χ1v) is 5.88. The SMILES string of the molecule is C=C1/C=C(\O)CC[C@@H]2CC(C)(C)C[C+]2C1. The molecule has 0 aliphatic heterocycles. The van der Waals surface area contributed by atoms with Gasteiger partial charge in [-0.3, -0.25) is 0 Å². The van der Waals surface area contributed by atoms with Gasteiger partial charge in [-0.15, -0.1) is 0 Å². The number of rotatable bonds is 0. The fraction of sp³-hybridized carbons (Fsp3) is 0.643. The van der Waals surface area contributed by atoms with Gasteiger partial charge in [0.2, 0.25) is 0 Å². The minimum absolute atomic E-state index is 0.459. The van der Waals surface area contributed by atoms with Crippen molar-refractivity contribution >= 4 is 0 Å². The molecule has 0 bridgehead atoms. The van der Waals surface area contributed by atoms with Crippen LogP contribution >= 0.6 is 0 Å². The lowest BCUT2D eigenvalue weighted by molar-refractivity contribution is 0.333. The van der Waals surface area contributed by atoms with Crippen molar-refractivity contribution in [3.8, 4) is 0 Å². The normalized spacial score (nSPS) is 34.0. The summed E-state index contributed by atoms with van der Waals surface area (Å²) >= 11 is 0. The Morgan fingerprint density at radius 1 is 1.53 bits per heavy atom. The van der Waals surface area contributed by atoms with Gasteiger partial charge in [0.05, 0.1) is 18.1 Å². The Bertz CT molecular complexity index is 298. The molecule has 0 unspecified atom stereocenters. The molecular weight excluding hydrogens is 184 g/mol. The van der Waals surface area contributed by atoms with Gasteiger partial charge in [-0.05, 0) is 24.5 Å². The topological polar surface area (TPSA) is 20.2 Å². The Labute approximate surface area is 92.9 Å². The van der Waals surface area contributed by atoms with E-state index in [4.69, 9.17) is 0 Å². The van der Waals surface area contributed by atoms with Crippen LogP contribution in [0.1, 0.15) is 46.0 Å². The van der Waals surface area contributed by atoms with Crippen LogP contribution in [0.4, 0.5) is 0 Å². The lowest BCUT2D eigenvalue weighted by Gasteiger charge is -2.13. The van der Waals surface area contributed by atoms with Gasteiger partial charge < -0.3 is 5.11 Å². The van der Waals surface area contributed by atoms with Crippen LogP contribution < -0.4 is 0 Å². The summed E-state index contributed by atoms with van der Waals surface area (Å²) in [6.45, 7) is 8.71. The average Bonchev–Trinajstić information content (AvgIpc) is 2.34. The van der Waals surface area contributed by atoms with E-state index in [0.29, 0.717) is 17.1 Å². The largest absolute Gasteiger partial charge is 0.512 e. The molecule has 0 heterocycles. The molecule has 0 saturated heterocycles. The van der Waals surface area contributed by atoms with Crippen LogP contribution in [0.15, 0.2) is 24.0 Å². The zero-order valence-corrected chi connectivity index (χ0v) is 9.84. The van der Waals surface area contributed by atoms with Crippen molar-refractivity contribution < 1.29 is 5.11 Å². The molecule has 0 aromatic rings. The van der Waals surface area contributed by atoms with E-state index in [1.54, 1.807) is 5.92 Å². The first kappa shape index (κ1) is 10.7. The van der Waals surface area contributed by atoms with E-state index in [2.05, 4.69) is 20.4 Å². The summed E-state index contributed by atoms with van der Waals surface area (Å²) in [5.74, 6) is 2.89. The molecule has 0 amide bonds. The highest BCUT2D eigenvalue weighted by molar-refractivity contribution is 5.26. The summed E-state index contributed by atoms with van der Waals surface area (Å²) in [7, 11) is 0. The van der Waals surface area contributed by atoms with Crippen LogP contribution in [-0.4, -0.2) is 5.11 Å². The van der Waals surface area contributed by atoms with Gasteiger partial charge in [0.25, 0.3) is 0 Å². The van der Waals surface area contributed by atoms with Gasteiger partial charge in [0.1, 0.15) is 12.3 Å². The maximum absolute atomic E-state index is 9.63. The Hall–Kier alpha value is -0.850. The number of aliphatic hydroxyl groups is 1. The van der Waals surface area contributed by atoms with E-state index in [9.17, 15) is 5.11 Å². The van der Waals surface area contributed by atoms with E-state index >= 15 is 0 Å². The van der Waals surface area contributed by atoms with E-state index in [0.717, 1.165) is 24.8 Å². The molecular formula is C14H21O+. The highest BCUT2D eigenvalue weighted by Gasteiger charge is 2.48. The molecule has 2 aliphatic carbocycles. The second kappa shape index (κ2) is 3.62. The Morgan fingerprint density at radius 2 is 2.27 bits per heavy atom. The Kier molecular flexibility index (Phi) is 2.57. The fourth-order valence-electron chi connectivity index (χ4n) is 3.13. The van der Waals surface area contributed by atoms with Crippen LogP contribution in [-0.2, 0) is 0 Å². The van der Waals surface area contributed by atoms with Crippen LogP contribution in [0, 0.1) is 17.3 Å². The third kappa shape index (κ3) is 2.39. The van der Waals surface area contributed by atoms with Crippen LogP contribution in [0.2, 0.25) is 0 Å². The molecule has 1 heteroatoms. The maximum atomic E-state index is 9.63. The minimum Gasteiger partial charge on any atom is -0.512 e. The van der Waals surface area contributed by atoms with Crippen molar-refractivity contribution in [3.05, 3.63) is 29.9 Å². The smallest absolute Gasteiger partial charge is 0.115 e. The lowest BCUT2D eigenvalue weighted by Crippen LogP contribution is -2.09. The third-order valence-electron chi connectivity index (χ3n) is 3.66. The van der Waals surface area contributed by atoms with Crippen LogP contribution in [0.3, 0.4) is 0 Å². The third-order valence-corrected chi connectivity index (χ3v) is 3.66. The molecule has 0 radical (unpaired) electrons. The molecule has 2 rings (SSSR count). The highest BCUT2D eigenvalue weighted by Crippen LogP contribution is 2.51. The standard InChI is InChI=1S/C14H20O/c1-10-6-12-9-14(2,3)8-11(12)4-5-13(15)7-10/h7,11H,1,4-6,8-9H2,2-3H3/p+1/b13-7-/t11-/m1/s1. The molecule has 1 nitrogen and oxygen atoms in total. The number of hydrogen-bond donors (Lipinski definition) is 1. The van der Waals surface area contributed by atoms with Crippen molar-refractivity contribution in [2.24, 2.45) is 11.3 Å². The van der Waals surface area contributed by atoms with Gasteiger partial charge in [-0.1, -0.05) is 20.4 Å². The van der Waals surface area contributed by atoms with Gasteiger partial charge in [0, 0.05) is 11.8 Å². The Morgan fingerprint density at radius 3 is 3.00 bits per heavy atom. The van der Waals surface area contributed by atoms with Gasteiger partial charge in [0.15, 0.2) is 0 Å². The second-order valence-corrected chi connectivity index (χ2v) is 5.91. The van der Waals surface area contributed by atoms with Crippen molar-refractivity contribution in [2.45, 2.75) is 46.0 Å². The predicted octanol–water partition coefficient (Wildman–Crippen LogP) is 4.18. The molecule has 1 atom stereocenters. The molecule has 1 saturated carbocycles. The number of allylic oxidation sites excluding steroid dienone is 3. The number of hydrogen-bond acceptors (Lipinski definition) is 1. The van der Waals surface area contributed by atoms with Gasteiger partial charge >= 0.3 is 0 Å². The molecule has 0 aromatic carbocycles. The zero-order valence-electron chi connectivity index (χ0n) is 9.84.